The number of benzene rings is 1. The summed E-state index contributed by atoms with van der Waals surface area (Å²) in [5, 5.41) is 9.55. The summed E-state index contributed by atoms with van der Waals surface area (Å²) in [6.07, 6.45) is 0. The van der Waals surface area contributed by atoms with Crippen LogP contribution >= 0.6 is 0 Å². The van der Waals surface area contributed by atoms with Gasteiger partial charge in [-0.25, -0.2) is 0 Å². The van der Waals surface area contributed by atoms with Crippen molar-refractivity contribution in [3.8, 4) is 5.75 Å². The molecule has 1 N–H and O–H groups in total. The Kier molecular flexibility index (Phi) is 3.30. The number of nitrogens with zero attached hydrogens (tertiary/aromatic N) is 1. The highest BCUT2D eigenvalue weighted by Crippen LogP contribution is 2.20. The van der Waals surface area contributed by atoms with Crippen molar-refractivity contribution in [2.24, 2.45) is 0 Å². The third kappa shape index (κ3) is 2.82. The standard InChI is InChI=1S/C14H19NO3/c1-10-4-5-12(6-11(10)2)18-7-13(16)15-8-14(3,17)9-15/h4-6,17H,7-9H2,1-3H3. The summed E-state index contributed by atoms with van der Waals surface area (Å²) in [6.45, 7) is 6.58. The average molecular weight is 249 g/mol. The molecule has 1 heterocycles. The van der Waals surface area contributed by atoms with E-state index in [9.17, 15) is 9.90 Å². The molecule has 0 saturated carbocycles. The molecule has 4 heteroatoms. The van der Waals surface area contributed by atoms with Gasteiger partial charge in [0.25, 0.3) is 5.91 Å². The zero-order valence-corrected chi connectivity index (χ0v) is 11.1. The van der Waals surface area contributed by atoms with E-state index in [4.69, 9.17) is 4.74 Å². The number of rotatable bonds is 3. The van der Waals surface area contributed by atoms with Crippen molar-refractivity contribution in [2.45, 2.75) is 26.4 Å². The minimum absolute atomic E-state index is 0.0264. The van der Waals surface area contributed by atoms with E-state index in [0.29, 0.717) is 18.8 Å². The van der Waals surface area contributed by atoms with Crippen LogP contribution in [0, 0.1) is 13.8 Å². The first-order valence-corrected chi connectivity index (χ1v) is 6.08. The maximum Gasteiger partial charge on any atom is 0.260 e. The van der Waals surface area contributed by atoms with Crippen molar-refractivity contribution in [3.63, 3.8) is 0 Å². The van der Waals surface area contributed by atoms with Crippen LogP contribution in [0.1, 0.15) is 18.1 Å². The van der Waals surface area contributed by atoms with Gasteiger partial charge in [-0.05, 0) is 44.0 Å². The number of hydrogen-bond donors (Lipinski definition) is 1. The van der Waals surface area contributed by atoms with Crippen LogP contribution in [0.5, 0.6) is 5.75 Å². The summed E-state index contributed by atoms with van der Waals surface area (Å²) >= 11 is 0. The molecule has 1 fully saturated rings. The van der Waals surface area contributed by atoms with Crippen LogP contribution in [0.4, 0.5) is 0 Å². The molecule has 0 bridgehead atoms. The Labute approximate surface area is 107 Å². The van der Waals surface area contributed by atoms with Crippen molar-refractivity contribution in [1.29, 1.82) is 0 Å². The van der Waals surface area contributed by atoms with Gasteiger partial charge in [0.1, 0.15) is 5.75 Å². The molecular weight excluding hydrogens is 230 g/mol. The lowest BCUT2D eigenvalue weighted by atomic mass is 9.97. The number of β-amino-alcohol motifs (C(OH)–C–C–N with tert-alkyl or cyclic N) is 1. The highest BCUT2D eigenvalue weighted by molar-refractivity contribution is 5.79. The van der Waals surface area contributed by atoms with Gasteiger partial charge in [-0.3, -0.25) is 4.79 Å². The molecule has 98 valence electrons. The minimum Gasteiger partial charge on any atom is -0.484 e. The van der Waals surface area contributed by atoms with Crippen molar-refractivity contribution < 1.29 is 14.6 Å². The van der Waals surface area contributed by atoms with E-state index >= 15 is 0 Å². The molecule has 0 unspecified atom stereocenters. The molecule has 1 aromatic rings. The van der Waals surface area contributed by atoms with E-state index < -0.39 is 5.60 Å². The van der Waals surface area contributed by atoms with Gasteiger partial charge < -0.3 is 14.7 Å². The predicted octanol–water partition coefficient (Wildman–Crippen LogP) is 1.28. The highest BCUT2D eigenvalue weighted by Gasteiger charge is 2.39. The Balaban J connectivity index is 1.84. The van der Waals surface area contributed by atoms with Crippen LogP contribution in [0.2, 0.25) is 0 Å². The van der Waals surface area contributed by atoms with Gasteiger partial charge in [-0.1, -0.05) is 6.07 Å². The largest absolute Gasteiger partial charge is 0.484 e. The Hall–Kier alpha value is -1.55. The molecule has 2 rings (SSSR count). The van der Waals surface area contributed by atoms with Gasteiger partial charge >= 0.3 is 0 Å². The van der Waals surface area contributed by atoms with Crippen LogP contribution < -0.4 is 4.74 Å². The second-order valence-electron chi connectivity index (χ2n) is 5.28. The fourth-order valence-electron chi connectivity index (χ4n) is 1.99. The van der Waals surface area contributed by atoms with Gasteiger partial charge in [0.05, 0.1) is 18.7 Å². The van der Waals surface area contributed by atoms with Gasteiger partial charge in [0.2, 0.25) is 0 Å². The van der Waals surface area contributed by atoms with E-state index in [-0.39, 0.29) is 12.5 Å². The molecule has 0 aliphatic carbocycles. The van der Waals surface area contributed by atoms with Gasteiger partial charge in [0, 0.05) is 0 Å². The third-order valence-corrected chi connectivity index (χ3v) is 3.26. The number of aliphatic hydroxyl groups is 1. The second-order valence-corrected chi connectivity index (χ2v) is 5.28. The first-order valence-electron chi connectivity index (χ1n) is 6.08. The molecular formula is C14H19NO3. The van der Waals surface area contributed by atoms with E-state index in [1.165, 1.54) is 5.56 Å². The molecule has 1 saturated heterocycles. The molecule has 0 aromatic heterocycles. The zero-order chi connectivity index (χ0) is 13.3. The molecule has 18 heavy (non-hydrogen) atoms. The molecule has 1 aliphatic heterocycles. The second kappa shape index (κ2) is 4.61. The molecule has 0 spiro atoms. The number of amides is 1. The summed E-state index contributed by atoms with van der Waals surface area (Å²) in [6, 6.07) is 5.76. The van der Waals surface area contributed by atoms with Crippen LogP contribution in [-0.4, -0.2) is 41.2 Å². The zero-order valence-electron chi connectivity index (χ0n) is 11.1. The fourth-order valence-corrected chi connectivity index (χ4v) is 1.99. The molecule has 1 amide bonds. The molecule has 1 aromatic carbocycles. The molecule has 0 radical (unpaired) electrons. The lowest BCUT2D eigenvalue weighted by Crippen LogP contribution is -2.62. The minimum atomic E-state index is -0.726. The Bertz CT molecular complexity index is 460. The summed E-state index contributed by atoms with van der Waals surface area (Å²) < 4.78 is 5.46. The third-order valence-electron chi connectivity index (χ3n) is 3.26. The summed E-state index contributed by atoms with van der Waals surface area (Å²) in [7, 11) is 0. The first kappa shape index (κ1) is 12.9. The van der Waals surface area contributed by atoms with Crippen molar-refractivity contribution in [2.75, 3.05) is 19.7 Å². The number of carbonyl (C=O) groups is 1. The van der Waals surface area contributed by atoms with E-state index in [2.05, 4.69) is 0 Å². The molecule has 4 nitrogen and oxygen atoms in total. The Morgan fingerprint density at radius 1 is 1.39 bits per heavy atom. The summed E-state index contributed by atoms with van der Waals surface area (Å²) in [5.41, 5.74) is 1.62. The van der Waals surface area contributed by atoms with Crippen LogP contribution in [0.3, 0.4) is 0 Å². The Morgan fingerprint density at radius 2 is 2.06 bits per heavy atom. The normalized spacial score (nSPS) is 17.2. The number of aryl methyl sites for hydroxylation is 2. The van der Waals surface area contributed by atoms with Crippen molar-refractivity contribution >= 4 is 5.91 Å². The SMILES string of the molecule is Cc1ccc(OCC(=O)N2CC(C)(O)C2)cc1C. The van der Waals surface area contributed by atoms with Crippen LogP contribution in [0.25, 0.3) is 0 Å². The summed E-state index contributed by atoms with van der Waals surface area (Å²) in [4.78, 5) is 13.3. The number of likely N-dealkylation sites (tertiary alicyclic amines) is 1. The van der Waals surface area contributed by atoms with E-state index in [1.807, 2.05) is 32.0 Å². The van der Waals surface area contributed by atoms with Gasteiger partial charge in [0.15, 0.2) is 6.61 Å². The van der Waals surface area contributed by atoms with Crippen LogP contribution in [-0.2, 0) is 4.79 Å². The maximum atomic E-state index is 11.7. The molecule has 0 atom stereocenters. The van der Waals surface area contributed by atoms with E-state index in [1.54, 1.807) is 11.8 Å². The van der Waals surface area contributed by atoms with Crippen molar-refractivity contribution in [3.05, 3.63) is 29.3 Å². The smallest absolute Gasteiger partial charge is 0.260 e. The van der Waals surface area contributed by atoms with Crippen molar-refractivity contribution in [1.82, 2.24) is 4.90 Å². The number of carbonyl (C=O) groups excluding carboxylic acids is 1. The highest BCUT2D eigenvalue weighted by atomic mass is 16.5. The van der Waals surface area contributed by atoms with Gasteiger partial charge in [-0.15, -0.1) is 0 Å². The average Bonchev–Trinajstić information content (AvgIpc) is 2.27. The lowest BCUT2D eigenvalue weighted by Gasteiger charge is -2.43. The monoisotopic (exact) mass is 249 g/mol. The predicted molar refractivity (Wildman–Crippen MR) is 68.6 cm³/mol. The number of hydrogen-bond acceptors (Lipinski definition) is 3. The first-order chi connectivity index (χ1) is 8.37. The Morgan fingerprint density at radius 3 is 2.61 bits per heavy atom. The fraction of sp³-hybridized carbons (Fsp3) is 0.500. The van der Waals surface area contributed by atoms with E-state index in [0.717, 1.165) is 5.56 Å². The maximum absolute atomic E-state index is 11.7. The van der Waals surface area contributed by atoms with Crippen LogP contribution in [0.15, 0.2) is 18.2 Å². The lowest BCUT2D eigenvalue weighted by molar-refractivity contribution is -0.154. The van der Waals surface area contributed by atoms with Gasteiger partial charge in [-0.2, -0.15) is 0 Å². The quantitative estimate of drug-likeness (QED) is 0.877. The summed E-state index contributed by atoms with van der Waals surface area (Å²) in [5.74, 6) is 0.624. The number of ether oxygens (including phenoxy) is 1. The molecule has 1 aliphatic rings. The topological polar surface area (TPSA) is 49.8 Å².